The van der Waals surface area contributed by atoms with Gasteiger partial charge in [-0.05, 0) is 30.7 Å². The highest BCUT2D eigenvalue weighted by Gasteiger charge is 2.43. The summed E-state index contributed by atoms with van der Waals surface area (Å²) >= 11 is 0. The van der Waals surface area contributed by atoms with E-state index in [1.165, 1.54) is 24.8 Å². The van der Waals surface area contributed by atoms with Crippen molar-refractivity contribution in [2.24, 2.45) is 5.92 Å². The van der Waals surface area contributed by atoms with Gasteiger partial charge in [-0.1, -0.05) is 30.3 Å². The molecule has 1 saturated heterocycles. The van der Waals surface area contributed by atoms with Gasteiger partial charge in [0.2, 0.25) is 0 Å². The van der Waals surface area contributed by atoms with Crippen LogP contribution in [0.2, 0.25) is 0 Å². The fraction of sp³-hybridized carbons (Fsp3) is 0.571. The first-order chi connectivity index (χ1) is 7.92. The number of epoxide rings is 1. The molecule has 0 bridgehead atoms. The normalized spacial score (nSPS) is 32.1. The van der Waals surface area contributed by atoms with Gasteiger partial charge in [0.1, 0.15) is 0 Å². The monoisotopic (exact) mass is 218 g/mol. The van der Waals surface area contributed by atoms with E-state index in [-0.39, 0.29) is 0 Å². The summed E-state index contributed by atoms with van der Waals surface area (Å²) in [6.45, 7) is 1.63. The van der Waals surface area contributed by atoms with Crippen molar-refractivity contribution in [1.29, 1.82) is 0 Å². The third kappa shape index (κ3) is 2.45. The lowest BCUT2D eigenvalue weighted by Crippen LogP contribution is -2.18. The van der Waals surface area contributed by atoms with Crippen LogP contribution < -0.4 is 0 Å². The number of rotatable bonds is 4. The summed E-state index contributed by atoms with van der Waals surface area (Å²) < 4.78 is 11.3. The van der Waals surface area contributed by atoms with Gasteiger partial charge < -0.3 is 9.47 Å². The van der Waals surface area contributed by atoms with Crippen molar-refractivity contribution in [3.63, 3.8) is 0 Å². The molecule has 0 aromatic heterocycles. The van der Waals surface area contributed by atoms with Gasteiger partial charge in [0.25, 0.3) is 0 Å². The van der Waals surface area contributed by atoms with Crippen LogP contribution in [0.4, 0.5) is 0 Å². The van der Waals surface area contributed by atoms with E-state index in [0.29, 0.717) is 18.1 Å². The Bertz CT molecular complexity index is 336. The van der Waals surface area contributed by atoms with Crippen molar-refractivity contribution in [1.82, 2.24) is 0 Å². The van der Waals surface area contributed by atoms with Crippen LogP contribution in [0.1, 0.15) is 24.8 Å². The van der Waals surface area contributed by atoms with Crippen LogP contribution in [0.3, 0.4) is 0 Å². The highest BCUT2D eigenvalue weighted by Crippen LogP contribution is 2.39. The molecule has 1 heterocycles. The van der Waals surface area contributed by atoms with Gasteiger partial charge in [-0.15, -0.1) is 0 Å². The topological polar surface area (TPSA) is 21.8 Å². The molecule has 1 aliphatic heterocycles. The van der Waals surface area contributed by atoms with Crippen LogP contribution in [-0.2, 0) is 16.1 Å². The molecule has 0 spiro atoms. The third-order valence-corrected chi connectivity index (χ3v) is 3.58. The van der Waals surface area contributed by atoms with E-state index in [4.69, 9.17) is 9.47 Å². The van der Waals surface area contributed by atoms with Crippen molar-refractivity contribution in [2.75, 3.05) is 6.61 Å². The molecule has 2 heteroatoms. The molecule has 1 saturated carbocycles. The quantitative estimate of drug-likeness (QED) is 0.725. The van der Waals surface area contributed by atoms with Crippen molar-refractivity contribution in [2.45, 2.75) is 38.1 Å². The molecule has 2 nitrogen and oxygen atoms in total. The predicted octanol–water partition coefficient (Wildman–Crippen LogP) is 2.77. The van der Waals surface area contributed by atoms with Gasteiger partial charge >= 0.3 is 0 Å². The Balaban J connectivity index is 1.40. The van der Waals surface area contributed by atoms with Crippen molar-refractivity contribution < 1.29 is 9.47 Å². The Hall–Kier alpha value is -0.860. The maximum atomic E-state index is 5.77. The highest BCUT2D eigenvalue weighted by molar-refractivity contribution is 5.13. The van der Waals surface area contributed by atoms with Gasteiger partial charge in [0.05, 0.1) is 18.8 Å². The SMILES string of the molecule is c1ccc(COC[C@H]2CC[C@@H]3O[C@@H]3C2)cc1. The maximum Gasteiger partial charge on any atom is 0.0845 e. The van der Waals surface area contributed by atoms with Crippen molar-refractivity contribution in [3.8, 4) is 0 Å². The fourth-order valence-corrected chi connectivity index (χ4v) is 2.56. The summed E-state index contributed by atoms with van der Waals surface area (Å²) in [6, 6.07) is 10.4. The maximum absolute atomic E-state index is 5.77. The molecule has 1 aromatic rings. The molecule has 3 rings (SSSR count). The van der Waals surface area contributed by atoms with E-state index in [9.17, 15) is 0 Å². The van der Waals surface area contributed by atoms with Gasteiger partial charge in [-0.3, -0.25) is 0 Å². The van der Waals surface area contributed by atoms with Gasteiger partial charge in [-0.2, -0.15) is 0 Å². The number of hydrogen-bond donors (Lipinski definition) is 0. The summed E-state index contributed by atoms with van der Waals surface area (Å²) in [5.41, 5.74) is 1.26. The molecule has 3 atom stereocenters. The lowest BCUT2D eigenvalue weighted by molar-refractivity contribution is 0.0765. The molecule has 2 aliphatic rings. The van der Waals surface area contributed by atoms with Gasteiger partial charge in [0, 0.05) is 6.61 Å². The Morgan fingerprint density at radius 2 is 2.00 bits per heavy atom. The van der Waals surface area contributed by atoms with E-state index in [0.717, 1.165) is 13.2 Å². The Morgan fingerprint density at radius 1 is 1.12 bits per heavy atom. The Kier molecular flexibility index (Phi) is 2.94. The van der Waals surface area contributed by atoms with Crippen molar-refractivity contribution >= 4 is 0 Å². The van der Waals surface area contributed by atoms with Crippen LogP contribution in [-0.4, -0.2) is 18.8 Å². The molecule has 2 fully saturated rings. The second kappa shape index (κ2) is 4.56. The minimum Gasteiger partial charge on any atom is -0.376 e. The highest BCUT2D eigenvalue weighted by atomic mass is 16.6. The summed E-state index contributed by atoms with van der Waals surface area (Å²) in [6.07, 6.45) is 4.89. The van der Waals surface area contributed by atoms with E-state index < -0.39 is 0 Å². The standard InChI is InChI=1S/C14H18O2/c1-2-4-11(5-3-1)9-15-10-12-6-7-13-14(8-12)16-13/h1-5,12-14H,6-10H2/t12-,13-,14+/m0/s1. The molecular weight excluding hydrogens is 200 g/mol. The summed E-state index contributed by atoms with van der Waals surface area (Å²) in [4.78, 5) is 0. The molecule has 0 N–H and O–H groups in total. The second-order valence-electron chi connectivity index (χ2n) is 4.89. The first-order valence-electron chi connectivity index (χ1n) is 6.19. The molecular formula is C14H18O2. The minimum absolute atomic E-state index is 0.569. The molecule has 1 aliphatic carbocycles. The average Bonchev–Trinajstić information content (AvgIpc) is 3.09. The zero-order valence-electron chi connectivity index (χ0n) is 9.47. The van der Waals surface area contributed by atoms with Gasteiger partial charge in [0.15, 0.2) is 0 Å². The number of ether oxygens (including phenoxy) is 2. The molecule has 86 valence electrons. The number of benzene rings is 1. The van der Waals surface area contributed by atoms with Crippen LogP contribution in [0.5, 0.6) is 0 Å². The second-order valence-corrected chi connectivity index (χ2v) is 4.89. The van der Waals surface area contributed by atoms with Crippen molar-refractivity contribution in [3.05, 3.63) is 35.9 Å². The smallest absolute Gasteiger partial charge is 0.0845 e. The van der Waals surface area contributed by atoms with E-state index in [2.05, 4.69) is 24.3 Å². The first-order valence-corrected chi connectivity index (χ1v) is 6.19. The van der Waals surface area contributed by atoms with Crippen LogP contribution in [0.25, 0.3) is 0 Å². The van der Waals surface area contributed by atoms with Crippen LogP contribution >= 0.6 is 0 Å². The molecule has 0 unspecified atom stereocenters. The van der Waals surface area contributed by atoms with E-state index >= 15 is 0 Å². The molecule has 0 radical (unpaired) electrons. The lowest BCUT2D eigenvalue weighted by Gasteiger charge is -2.18. The lowest BCUT2D eigenvalue weighted by atomic mass is 9.90. The van der Waals surface area contributed by atoms with Crippen LogP contribution in [0, 0.1) is 5.92 Å². The average molecular weight is 218 g/mol. The zero-order chi connectivity index (χ0) is 10.8. The van der Waals surface area contributed by atoms with E-state index in [1.54, 1.807) is 0 Å². The number of hydrogen-bond acceptors (Lipinski definition) is 2. The fourth-order valence-electron chi connectivity index (χ4n) is 2.56. The minimum atomic E-state index is 0.569. The molecule has 0 amide bonds. The first kappa shape index (κ1) is 10.3. The third-order valence-electron chi connectivity index (χ3n) is 3.58. The largest absolute Gasteiger partial charge is 0.376 e. The number of fused-ring (bicyclic) bond motifs is 1. The van der Waals surface area contributed by atoms with E-state index in [1.807, 2.05) is 6.07 Å². The molecule has 16 heavy (non-hydrogen) atoms. The zero-order valence-corrected chi connectivity index (χ0v) is 9.47. The summed E-state index contributed by atoms with van der Waals surface area (Å²) in [5.74, 6) is 0.715. The van der Waals surface area contributed by atoms with Crippen LogP contribution in [0.15, 0.2) is 30.3 Å². The Labute approximate surface area is 96.6 Å². The Morgan fingerprint density at radius 3 is 2.81 bits per heavy atom. The summed E-state index contributed by atoms with van der Waals surface area (Å²) in [7, 11) is 0. The predicted molar refractivity (Wildman–Crippen MR) is 62.1 cm³/mol. The molecule has 1 aromatic carbocycles. The summed E-state index contributed by atoms with van der Waals surface area (Å²) in [5, 5.41) is 0. The van der Waals surface area contributed by atoms with Gasteiger partial charge in [-0.25, -0.2) is 0 Å².